The Bertz CT molecular complexity index is 233. The van der Waals surface area contributed by atoms with Crippen LogP contribution in [0.4, 0.5) is 4.79 Å². The second-order valence-corrected chi connectivity index (χ2v) is 4.42. The molecule has 2 heterocycles. The van der Waals surface area contributed by atoms with Gasteiger partial charge < -0.3 is 20.9 Å². The van der Waals surface area contributed by atoms with Gasteiger partial charge in [-0.25, -0.2) is 4.79 Å². The van der Waals surface area contributed by atoms with Crippen LogP contribution in [0.2, 0.25) is 0 Å². The second-order valence-electron chi connectivity index (χ2n) is 4.42. The first-order chi connectivity index (χ1) is 7.25. The molecule has 2 saturated heterocycles. The van der Waals surface area contributed by atoms with Crippen LogP contribution < -0.4 is 11.1 Å². The number of nitrogens with one attached hydrogen (secondary N) is 1. The van der Waals surface area contributed by atoms with E-state index in [4.69, 9.17) is 5.73 Å². The highest BCUT2D eigenvalue weighted by molar-refractivity contribution is 5.76. The molecule has 0 radical (unpaired) electrons. The average molecular weight is 212 g/mol. The summed E-state index contributed by atoms with van der Waals surface area (Å²) in [6.45, 7) is 5.54. The number of piperidine rings is 1. The van der Waals surface area contributed by atoms with Crippen molar-refractivity contribution >= 4 is 6.03 Å². The molecular formula is C10H20N4O. The van der Waals surface area contributed by atoms with E-state index in [9.17, 15) is 4.79 Å². The van der Waals surface area contributed by atoms with Gasteiger partial charge in [0.15, 0.2) is 0 Å². The van der Waals surface area contributed by atoms with E-state index >= 15 is 0 Å². The lowest BCUT2D eigenvalue weighted by Crippen LogP contribution is -2.46. The van der Waals surface area contributed by atoms with Gasteiger partial charge in [-0.3, -0.25) is 0 Å². The third-order valence-electron chi connectivity index (χ3n) is 3.17. The van der Waals surface area contributed by atoms with Crippen molar-refractivity contribution in [3.63, 3.8) is 0 Å². The second kappa shape index (κ2) is 4.81. The van der Waals surface area contributed by atoms with Crippen molar-refractivity contribution in [3.05, 3.63) is 0 Å². The lowest BCUT2D eigenvalue weighted by molar-refractivity contribution is 0.179. The van der Waals surface area contributed by atoms with E-state index in [1.54, 1.807) is 0 Å². The van der Waals surface area contributed by atoms with Crippen LogP contribution in [0.15, 0.2) is 0 Å². The minimum atomic E-state index is 0.0799. The Morgan fingerprint density at radius 3 is 2.93 bits per heavy atom. The van der Waals surface area contributed by atoms with Gasteiger partial charge in [-0.15, -0.1) is 0 Å². The standard InChI is InChI=1S/C10H20N4O/c11-9-2-1-4-13(8-9)6-7-14-5-3-12-10(14)15/h9H,1-8,11H2,(H,12,15). The van der Waals surface area contributed by atoms with Gasteiger partial charge in [0, 0.05) is 38.8 Å². The minimum absolute atomic E-state index is 0.0799. The SMILES string of the molecule is NC1CCCN(CCN2CCNC2=O)C1. The number of urea groups is 1. The maximum atomic E-state index is 11.3. The van der Waals surface area contributed by atoms with Crippen LogP contribution in [-0.4, -0.2) is 61.1 Å². The molecule has 0 aromatic heterocycles. The van der Waals surface area contributed by atoms with Gasteiger partial charge in [0.25, 0.3) is 0 Å². The van der Waals surface area contributed by atoms with E-state index in [2.05, 4.69) is 10.2 Å². The smallest absolute Gasteiger partial charge is 0.317 e. The fraction of sp³-hybridized carbons (Fsp3) is 0.900. The highest BCUT2D eigenvalue weighted by Gasteiger charge is 2.21. The lowest BCUT2D eigenvalue weighted by Gasteiger charge is -2.31. The summed E-state index contributed by atoms with van der Waals surface area (Å²) in [4.78, 5) is 15.5. The third kappa shape index (κ3) is 2.82. The molecule has 0 aromatic rings. The van der Waals surface area contributed by atoms with Crippen LogP contribution in [0.3, 0.4) is 0 Å². The average Bonchev–Trinajstić information content (AvgIpc) is 2.61. The molecule has 15 heavy (non-hydrogen) atoms. The number of likely N-dealkylation sites (tertiary alicyclic amines) is 1. The van der Waals surface area contributed by atoms with Crippen molar-refractivity contribution in [1.29, 1.82) is 0 Å². The predicted molar refractivity (Wildman–Crippen MR) is 58.6 cm³/mol. The van der Waals surface area contributed by atoms with Crippen LogP contribution in [0.1, 0.15) is 12.8 Å². The van der Waals surface area contributed by atoms with Crippen LogP contribution in [0.25, 0.3) is 0 Å². The monoisotopic (exact) mass is 212 g/mol. The number of nitrogens with zero attached hydrogens (tertiary/aromatic N) is 2. The van der Waals surface area contributed by atoms with Gasteiger partial charge in [-0.05, 0) is 19.4 Å². The Morgan fingerprint density at radius 2 is 2.27 bits per heavy atom. The summed E-state index contributed by atoms with van der Waals surface area (Å²) in [6, 6.07) is 0.405. The number of carbonyl (C=O) groups excluding carboxylic acids is 1. The Labute approximate surface area is 90.6 Å². The molecule has 1 unspecified atom stereocenters. The number of hydrogen-bond acceptors (Lipinski definition) is 3. The number of nitrogens with two attached hydrogens (primary N) is 1. The number of carbonyl (C=O) groups is 1. The molecule has 5 heteroatoms. The highest BCUT2D eigenvalue weighted by atomic mass is 16.2. The fourth-order valence-electron chi connectivity index (χ4n) is 2.28. The molecule has 0 saturated carbocycles. The van der Waals surface area contributed by atoms with Gasteiger partial charge in [0.2, 0.25) is 0 Å². The van der Waals surface area contributed by atoms with E-state index in [1.807, 2.05) is 4.90 Å². The largest absolute Gasteiger partial charge is 0.336 e. The zero-order valence-corrected chi connectivity index (χ0v) is 9.11. The van der Waals surface area contributed by atoms with E-state index in [0.717, 1.165) is 45.7 Å². The van der Waals surface area contributed by atoms with Gasteiger partial charge in [0.05, 0.1) is 0 Å². The molecule has 2 fully saturated rings. The van der Waals surface area contributed by atoms with Crippen LogP contribution in [0.5, 0.6) is 0 Å². The summed E-state index contributed by atoms with van der Waals surface area (Å²) in [6.07, 6.45) is 2.33. The number of amides is 2. The molecular weight excluding hydrogens is 192 g/mol. The van der Waals surface area contributed by atoms with Crippen molar-refractivity contribution in [1.82, 2.24) is 15.1 Å². The molecule has 0 aromatic carbocycles. The van der Waals surface area contributed by atoms with Crippen LogP contribution >= 0.6 is 0 Å². The normalized spacial score (nSPS) is 28.2. The van der Waals surface area contributed by atoms with E-state index < -0.39 is 0 Å². The van der Waals surface area contributed by atoms with Crippen LogP contribution in [-0.2, 0) is 0 Å². The molecule has 1 atom stereocenters. The maximum Gasteiger partial charge on any atom is 0.317 e. The Kier molecular flexibility index (Phi) is 3.43. The summed E-state index contributed by atoms with van der Waals surface area (Å²) in [7, 11) is 0. The lowest BCUT2D eigenvalue weighted by atomic mass is 10.1. The molecule has 3 N–H and O–H groups in total. The quantitative estimate of drug-likeness (QED) is 0.659. The Balaban J connectivity index is 1.70. The third-order valence-corrected chi connectivity index (χ3v) is 3.17. The zero-order valence-electron chi connectivity index (χ0n) is 9.11. The minimum Gasteiger partial charge on any atom is -0.336 e. The predicted octanol–water partition coefficient (Wildman–Crippen LogP) is -0.565. The summed E-state index contributed by atoms with van der Waals surface area (Å²) >= 11 is 0. The maximum absolute atomic E-state index is 11.3. The van der Waals surface area contributed by atoms with E-state index in [0.29, 0.717) is 6.04 Å². The van der Waals surface area contributed by atoms with Gasteiger partial charge in [0.1, 0.15) is 0 Å². The molecule has 0 bridgehead atoms. The van der Waals surface area contributed by atoms with Gasteiger partial charge >= 0.3 is 6.03 Å². The Hall–Kier alpha value is -0.810. The topological polar surface area (TPSA) is 61.6 Å². The first-order valence-electron chi connectivity index (χ1n) is 5.76. The summed E-state index contributed by atoms with van der Waals surface area (Å²) in [5.41, 5.74) is 5.90. The van der Waals surface area contributed by atoms with Crippen molar-refractivity contribution < 1.29 is 4.79 Å². The van der Waals surface area contributed by atoms with Crippen molar-refractivity contribution in [2.75, 3.05) is 39.3 Å². The van der Waals surface area contributed by atoms with Crippen molar-refractivity contribution in [2.45, 2.75) is 18.9 Å². The molecule has 0 aliphatic carbocycles. The molecule has 2 aliphatic heterocycles. The molecule has 0 spiro atoms. The Morgan fingerprint density at radius 1 is 1.40 bits per heavy atom. The molecule has 2 amide bonds. The summed E-state index contributed by atoms with van der Waals surface area (Å²) < 4.78 is 0. The number of hydrogen-bond donors (Lipinski definition) is 2. The van der Waals surface area contributed by atoms with Gasteiger partial charge in [-0.2, -0.15) is 0 Å². The zero-order chi connectivity index (χ0) is 10.7. The first kappa shape index (κ1) is 10.7. The van der Waals surface area contributed by atoms with Crippen LogP contribution in [0, 0.1) is 0 Å². The highest BCUT2D eigenvalue weighted by Crippen LogP contribution is 2.08. The van der Waals surface area contributed by atoms with Gasteiger partial charge in [-0.1, -0.05) is 0 Å². The molecule has 2 rings (SSSR count). The molecule has 2 aliphatic rings. The fourth-order valence-corrected chi connectivity index (χ4v) is 2.28. The van der Waals surface area contributed by atoms with Crippen molar-refractivity contribution in [2.24, 2.45) is 5.73 Å². The molecule has 86 valence electrons. The summed E-state index contributed by atoms with van der Waals surface area (Å²) in [5, 5.41) is 2.81. The first-order valence-corrected chi connectivity index (χ1v) is 5.76. The van der Waals surface area contributed by atoms with E-state index in [-0.39, 0.29) is 6.03 Å². The molecule has 5 nitrogen and oxygen atoms in total. The number of rotatable bonds is 3. The van der Waals surface area contributed by atoms with E-state index in [1.165, 1.54) is 6.42 Å². The van der Waals surface area contributed by atoms with Crippen molar-refractivity contribution in [3.8, 4) is 0 Å². The summed E-state index contributed by atoms with van der Waals surface area (Å²) in [5.74, 6) is 0.